The second kappa shape index (κ2) is 6.06. The van der Waals surface area contributed by atoms with Gasteiger partial charge in [0.15, 0.2) is 23.7 Å². The van der Waals surface area contributed by atoms with Gasteiger partial charge < -0.3 is 41.7 Å². The minimum atomic E-state index is -2.61. The van der Waals surface area contributed by atoms with Gasteiger partial charge in [-0.1, -0.05) is 17.7 Å². The Hall–Kier alpha value is -2.89. The third-order valence-corrected chi connectivity index (χ3v) is 5.47. The van der Waals surface area contributed by atoms with Gasteiger partial charge in [-0.2, -0.15) is 0 Å². The summed E-state index contributed by atoms with van der Waals surface area (Å²) in [6.45, 7) is 1.30. The summed E-state index contributed by atoms with van der Waals surface area (Å²) in [7, 11) is 0. The molecule has 1 saturated heterocycles. The highest BCUT2D eigenvalue weighted by Crippen LogP contribution is 2.45. The van der Waals surface area contributed by atoms with E-state index in [2.05, 4.69) is 15.3 Å². The first-order valence-electron chi connectivity index (χ1n) is 8.76. The Morgan fingerprint density at radius 1 is 1.32 bits per heavy atom. The fourth-order valence-electron chi connectivity index (χ4n) is 4.06. The molecular weight excluding hydrogens is 368 g/mol. The van der Waals surface area contributed by atoms with Crippen LogP contribution in [0, 0.1) is 6.92 Å². The van der Waals surface area contributed by atoms with E-state index in [1.54, 1.807) is 24.3 Å². The number of benzene rings is 1. The molecule has 3 aliphatic rings. The van der Waals surface area contributed by atoms with E-state index in [-0.39, 0.29) is 24.0 Å². The third kappa shape index (κ3) is 2.37. The van der Waals surface area contributed by atoms with E-state index in [1.165, 1.54) is 4.90 Å². The van der Waals surface area contributed by atoms with Crippen molar-refractivity contribution in [2.75, 3.05) is 13.2 Å². The van der Waals surface area contributed by atoms with Crippen LogP contribution in [-0.2, 0) is 4.74 Å². The fraction of sp³-hybridized carbons (Fsp3) is 0.471. The maximum atomic E-state index is 12.5. The van der Waals surface area contributed by atoms with E-state index < -0.39 is 42.2 Å². The van der Waals surface area contributed by atoms with Gasteiger partial charge in [-0.3, -0.25) is 0 Å². The second-order valence-corrected chi connectivity index (χ2v) is 7.18. The van der Waals surface area contributed by atoms with Crippen LogP contribution in [0.4, 0.5) is 0 Å². The zero-order chi connectivity index (χ0) is 20.3. The number of guanidine groups is 2. The normalized spacial score (nSPS) is 32.7. The standard InChI is InChI=1S/C17H22N6O5/c1-8-2-4-9(5-3-8)13(25)28-11-6-23-15(19)20-10(7-24)12-16(23,17(11,26)27)22-14(18)21-12/h2-5,10-12,24,26-27H,6-7H2,1H3,(H2,19,20)(H3,18,21,22)/t10-,11-,12-,16-/m0/s1. The molecule has 3 heterocycles. The quantitative estimate of drug-likeness (QED) is 0.235. The Bertz CT molecular complexity index is 869. The van der Waals surface area contributed by atoms with Gasteiger partial charge in [-0.15, -0.1) is 0 Å². The third-order valence-electron chi connectivity index (χ3n) is 5.47. The smallest absolute Gasteiger partial charge is 0.338 e. The van der Waals surface area contributed by atoms with Crippen LogP contribution in [0.3, 0.4) is 0 Å². The molecule has 0 amide bonds. The minimum Gasteiger partial charge on any atom is -0.451 e. The Kier molecular flexibility index (Phi) is 4.00. The first-order chi connectivity index (χ1) is 13.2. The number of nitrogens with two attached hydrogens (primary N) is 2. The predicted molar refractivity (Wildman–Crippen MR) is 98.0 cm³/mol. The van der Waals surface area contributed by atoms with E-state index in [4.69, 9.17) is 16.2 Å². The summed E-state index contributed by atoms with van der Waals surface area (Å²) >= 11 is 0. The molecule has 11 heteroatoms. The summed E-state index contributed by atoms with van der Waals surface area (Å²) in [5, 5.41) is 34.5. The summed E-state index contributed by atoms with van der Waals surface area (Å²) in [5.74, 6) is -3.44. The highest BCUT2D eigenvalue weighted by atomic mass is 16.6. The molecule has 8 N–H and O–H groups in total. The highest BCUT2D eigenvalue weighted by Gasteiger charge is 2.74. The van der Waals surface area contributed by atoms with Gasteiger partial charge in [-0.05, 0) is 19.1 Å². The fourth-order valence-corrected chi connectivity index (χ4v) is 4.06. The van der Waals surface area contributed by atoms with Gasteiger partial charge in [0.2, 0.25) is 5.79 Å². The van der Waals surface area contributed by atoms with Crippen molar-refractivity contribution in [2.24, 2.45) is 21.5 Å². The molecule has 28 heavy (non-hydrogen) atoms. The molecule has 0 radical (unpaired) electrons. The number of rotatable bonds is 3. The summed E-state index contributed by atoms with van der Waals surface area (Å²) in [6, 6.07) is 4.89. The molecule has 0 aliphatic carbocycles. The zero-order valence-electron chi connectivity index (χ0n) is 15.1. The summed E-state index contributed by atoms with van der Waals surface area (Å²) < 4.78 is 5.41. The lowest BCUT2D eigenvalue weighted by atomic mass is 9.86. The van der Waals surface area contributed by atoms with Crippen LogP contribution in [0.25, 0.3) is 0 Å². The van der Waals surface area contributed by atoms with E-state index in [9.17, 15) is 20.1 Å². The number of esters is 1. The highest BCUT2D eigenvalue weighted by molar-refractivity contribution is 5.90. The molecule has 1 aromatic carbocycles. The number of aliphatic hydroxyl groups excluding tert-OH is 1. The van der Waals surface area contributed by atoms with Gasteiger partial charge >= 0.3 is 5.97 Å². The SMILES string of the molecule is Cc1ccc(C(=O)O[C@H]2CN3C(N)=N[C@@H](CO)[C@@H]4N=C(N)N[C@@]43C2(O)O)cc1. The predicted octanol–water partition coefficient (Wildman–Crippen LogP) is -2.81. The van der Waals surface area contributed by atoms with Crippen LogP contribution in [0.15, 0.2) is 34.3 Å². The second-order valence-electron chi connectivity index (χ2n) is 7.18. The number of nitrogens with one attached hydrogen (secondary N) is 1. The first-order valence-corrected chi connectivity index (χ1v) is 8.76. The van der Waals surface area contributed by atoms with E-state index >= 15 is 0 Å². The monoisotopic (exact) mass is 390 g/mol. The van der Waals surface area contributed by atoms with Crippen molar-refractivity contribution in [2.45, 2.75) is 36.6 Å². The molecule has 0 aromatic heterocycles. The Labute approximate surface area is 160 Å². The number of aryl methyl sites for hydroxylation is 1. The molecule has 0 unspecified atom stereocenters. The average Bonchev–Trinajstić information content (AvgIpc) is 3.11. The summed E-state index contributed by atoms with van der Waals surface area (Å²) in [4.78, 5) is 22.2. The maximum absolute atomic E-state index is 12.5. The molecule has 0 saturated carbocycles. The van der Waals surface area contributed by atoms with Crippen LogP contribution in [0.2, 0.25) is 0 Å². The Morgan fingerprint density at radius 2 is 2.00 bits per heavy atom. The van der Waals surface area contributed by atoms with Crippen molar-refractivity contribution in [3.63, 3.8) is 0 Å². The first kappa shape index (κ1) is 18.5. The number of aliphatic hydroxyl groups is 3. The topological polar surface area (TPSA) is 179 Å². The lowest BCUT2D eigenvalue weighted by Gasteiger charge is -2.48. The van der Waals surface area contributed by atoms with Crippen molar-refractivity contribution >= 4 is 17.9 Å². The van der Waals surface area contributed by atoms with Crippen molar-refractivity contribution in [3.05, 3.63) is 35.4 Å². The number of carbonyl (C=O) groups is 1. The summed E-state index contributed by atoms with van der Waals surface area (Å²) in [5.41, 5.74) is 11.3. The molecule has 4 rings (SSSR count). The molecule has 1 aromatic rings. The molecule has 1 fully saturated rings. The van der Waals surface area contributed by atoms with Crippen molar-refractivity contribution in [3.8, 4) is 0 Å². The molecule has 11 nitrogen and oxygen atoms in total. The molecule has 150 valence electrons. The van der Waals surface area contributed by atoms with Gasteiger partial charge in [0.25, 0.3) is 0 Å². The Balaban J connectivity index is 1.68. The molecular formula is C17H22N6O5. The van der Waals surface area contributed by atoms with Gasteiger partial charge in [0, 0.05) is 0 Å². The van der Waals surface area contributed by atoms with E-state index in [1.807, 2.05) is 6.92 Å². The zero-order valence-corrected chi connectivity index (χ0v) is 15.1. The van der Waals surface area contributed by atoms with Crippen molar-refractivity contribution < 1.29 is 24.9 Å². The molecule has 3 aliphatic heterocycles. The lowest BCUT2D eigenvalue weighted by Crippen LogP contribution is -2.77. The lowest BCUT2D eigenvalue weighted by molar-refractivity contribution is -0.257. The van der Waals surface area contributed by atoms with Gasteiger partial charge in [0.1, 0.15) is 12.1 Å². The number of ether oxygens (including phenoxy) is 1. The van der Waals surface area contributed by atoms with Gasteiger partial charge in [-0.25, -0.2) is 14.8 Å². The van der Waals surface area contributed by atoms with E-state index in [0.717, 1.165) is 5.56 Å². The molecule has 0 bridgehead atoms. The van der Waals surface area contributed by atoms with Crippen molar-refractivity contribution in [1.82, 2.24) is 10.2 Å². The number of hydrogen-bond acceptors (Lipinski definition) is 11. The van der Waals surface area contributed by atoms with E-state index in [0.29, 0.717) is 0 Å². The van der Waals surface area contributed by atoms with Gasteiger partial charge in [0.05, 0.1) is 18.7 Å². The largest absolute Gasteiger partial charge is 0.451 e. The van der Waals surface area contributed by atoms with Crippen molar-refractivity contribution in [1.29, 1.82) is 0 Å². The van der Waals surface area contributed by atoms with Crippen LogP contribution in [0.1, 0.15) is 15.9 Å². The number of nitrogens with zero attached hydrogens (tertiary/aromatic N) is 3. The maximum Gasteiger partial charge on any atom is 0.338 e. The number of carbonyl (C=O) groups excluding carboxylic acids is 1. The molecule has 4 atom stereocenters. The number of hydrogen-bond donors (Lipinski definition) is 6. The number of aliphatic imine (C=N–C) groups is 2. The minimum absolute atomic E-state index is 0.0472. The average molecular weight is 390 g/mol. The molecule has 1 spiro atoms. The van der Waals surface area contributed by atoms with Crippen LogP contribution in [0.5, 0.6) is 0 Å². The van der Waals surface area contributed by atoms with Crippen LogP contribution >= 0.6 is 0 Å². The van der Waals surface area contributed by atoms with Crippen LogP contribution < -0.4 is 16.8 Å². The summed E-state index contributed by atoms with van der Waals surface area (Å²) in [6.07, 6.45) is -1.37. The van der Waals surface area contributed by atoms with Crippen LogP contribution in [-0.4, -0.2) is 80.9 Å². The Morgan fingerprint density at radius 3 is 2.64 bits per heavy atom.